The van der Waals surface area contributed by atoms with E-state index >= 15 is 0 Å². The molecule has 0 saturated carbocycles. The van der Waals surface area contributed by atoms with Gasteiger partial charge in [0.25, 0.3) is 0 Å². The molecule has 0 bridgehead atoms. The number of halogens is 4. The number of methoxy groups -OCH3 is 1. The van der Waals surface area contributed by atoms with Crippen LogP contribution in [0.15, 0.2) is 40.9 Å². The summed E-state index contributed by atoms with van der Waals surface area (Å²) in [6.07, 6.45) is -4.53. The zero-order valence-electron chi connectivity index (χ0n) is 12.2. The molecule has 0 saturated heterocycles. The van der Waals surface area contributed by atoms with Gasteiger partial charge in [-0.2, -0.15) is 13.2 Å². The van der Waals surface area contributed by atoms with Crippen molar-refractivity contribution in [1.82, 2.24) is 0 Å². The van der Waals surface area contributed by atoms with Crippen LogP contribution >= 0.6 is 15.9 Å². The summed E-state index contributed by atoms with van der Waals surface area (Å²) < 4.78 is 49.7. The van der Waals surface area contributed by atoms with E-state index in [-0.39, 0.29) is 17.1 Å². The first-order valence-electron chi connectivity index (χ1n) is 6.46. The number of esters is 1. The van der Waals surface area contributed by atoms with Crippen molar-refractivity contribution < 1.29 is 27.4 Å². The van der Waals surface area contributed by atoms with Crippen LogP contribution in [0, 0.1) is 6.92 Å². The van der Waals surface area contributed by atoms with Crippen molar-refractivity contribution in [2.24, 2.45) is 0 Å². The van der Waals surface area contributed by atoms with Gasteiger partial charge in [-0.3, -0.25) is 0 Å². The molecule has 0 radical (unpaired) electrons. The average molecular weight is 389 g/mol. The number of ether oxygens (including phenoxy) is 2. The van der Waals surface area contributed by atoms with E-state index in [0.29, 0.717) is 10.0 Å². The van der Waals surface area contributed by atoms with Gasteiger partial charge in [0.1, 0.15) is 11.5 Å². The van der Waals surface area contributed by atoms with Crippen molar-refractivity contribution in [3.63, 3.8) is 0 Å². The lowest BCUT2D eigenvalue weighted by Gasteiger charge is -2.16. The molecule has 0 aliphatic heterocycles. The fraction of sp³-hybridized carbons (Fsp3) is 0.188. The number of benzene rings is 2. The number of para-hydroxylation sites is 1. The van der Waals surface area contributed by atoms with Gasteiger partial charge in [-0.25, -0.2) is 4.79 Å². The first-order chi connectivity index (χ1) is 10.7. The second-order valence-corrected chi connectivity index (χ2v) is 5.54. The minimum atomic E-state index is -4.53. The van der Waals surface area contributed by atoms with Crippen LogP contribution in [0.3, 0.4) is 0 Å². The van der Waals surface area contributed by atoms with Crippen LogP contribution in [0.2, 0.25) is 0 Å². The predicted octanol–water partition coefficient (Wildman–Crippen LogP) is 5.36. The molecule has 0 aromatic heterocycles. The topological polar surface area (TPSA) is 35.5 Å². The van der Waals surface area contributed by atoms with Crippen LogP contribution in [0.1, 0.15) is 21.5 Å². The van der Waals surface area contributed by atoms with E-state index in [1.807, 2.05) is 0 Å². The first kappa shape index (κ1) is 17.3. The molecule has 122 valence electrons. The summed E-state index contributed by atoms with van der Waals surface area (Å²) in [5, 5.41) is 0. The second kappa shape index (κ2) is 6.62. The predicted molar refractivity (Wildman–Crippen MR) is 81.7 cm³/mol. The Morgan fingerprint density at radius 3 is 2.43 bits per heavy atom. The van der Waals surface area contributed by atoms with E-state index in [0.717, 1.165) is 6.07 Å². The second-order valence-electron chi connectivity index (χ2n) is 4.69. The Hall–Kier alpha value is -2.02. The Morgan fingerprint density at radius 2 is 1.87 bits per heavy atom. The summed E-state index contributed by atoms with van der Waals surface area (Å²) in [6, 6.07) is 8.05. The van der Waals surface area contributed by atoms with E-state index in [1.54, 1.807) is 0 Å². The summed E-state index contributed by atoms with van der Waals surface area (Å²) in [5.74, 6) is -0.659. The molecule has 3 nitrogen and oxygen atoms in total. The van der Waals surface area contributed by atoms with Gasteiger partial charge in [0.2, 0.25) is 0 Å². The largest absolute Gasteiger partial charge is 0.465 e. The molecule has 23 heavy (non-hydrogen) atoms. The molecule has 2 aromatic rings. The summed E-state index contributed by atoms with van der Waals surface area (Å²) in [6.45, 7) is 1.53. The number of hydrogen-bond acceptors (Lipinski definition) is 3. The molecule has 0 heterocycles. The number of carbonyl (C=O) groups excluding carboxylic acids is 1. The quantitative estimate of drug-likeness (QED) is 0.664. The van der Waals surface area contributed by atoms with E-state index in [9.17, 15) is 18.0 Å². The van der Waals surface area contributed by atoms with Crippen LogP contribution in [0.5, 0.6) is 11.5 Å². The molecule has 0 fully saturated rings. The van der Waals surface area contributed by atoms with E-state index in [2.05, 4.69) is 20.7 Å². The van der Waals surface area contributed by atoms with Crippen molar-refractivity contribution in [3.8, 4) is 11.5 Å². The van der Waals surface area contributed by atoms with Crippen molar-refractivity contribution in [2.45, 2.75) is 13.1 Å². The number of aryl methyl sites for hydroxylation is 1. The lowest BCUT2D eigenvalue weighted by atomic mass is 10.1. The molecule has 0 aliphatic carbocycles. The van der Waals surface area contributed by atoms with Crippen LogP contribution in [-0.2, 0) is 10.9 Å². The average Bonchev–Trinajstić information content (AvgIpc) is 2.49. The van der Waals surface area contributed by atoms with Gasteiger partial charge in [-0.05, 0) is 52.7 Å². The van der Waals surface area contributed by atoms with Gasteiger partial charge in [0.15, 0.2) is 0 Å². The smallest absolute Gasteiger partial charge is 0.419 e. The highest BCUT2D eigenvalue weighted by molar-refractivity contribution is 9.10. The van der Waals surface area contributed by atoms with Gasteiger partial charge in [0, 0.05) is 0 Å². The lowest BCUT2D eigenvalue weighted by Crippen LogP contribution is -2.08. The lowest BCUT2D eigenvalue weighted by molar-refractivity contribution is -0.138. The van der Waals surface area contributed by atoms with Gasteiger partial charge < -0.3 is 9.47 Å². The Kier molecular flexibility index (Phi) is 4.99. The van der Waals surface area contributed by atoms with Crippen molar-refractivity contribution in [2.75, 3.05) is 7.11 Å². The SMILES string of the molecule is COC(=O)c1ccc(Oc2c(C)cccc2C(F)(F)F)c(Br)c1. The third-order valence-corrected chi connectivity index (χ3v) is 3.70. The number of hydrogen-bond donors (Lipinski definition) is 0. The van der Waals surface area contributed by atoms with Crippen LogP contribution in [-0.4, -0.2) is 13.1 Å². The maximum atomic E-state index is 13.1. The molecule has 0 atom stereocenters. The zero-order chi connectivity index (χ0) is 17.2. The molecule has 0 N–H and O–H groups in total. The van der Waals surface area contributed by atoms with Gasteiger partial charge >= 0.3 is 12.1 Å². The number of rotatable bonds is 3. The molecule has 0 unspecified atom stereocenters. The van der Waals surface area contributed by atoms with Crippen LogP contribution < -0.4 is 4.74 Å². The summed E-state index contributed by atoms with van der Waals surface area (Å²) in [7, 11) is 1.24. The van der Waals surface area contributed by atoms with E-state index in [4.69, 9.17) is 4.74 Å². The zero-order valence-corrected chi connectivity index (χ0v) is 13.8. The number of alkyl halides is 3. The summed E-state index contributed by atoms with van der Waals surface area (Å²) in [4.78, 5) is 11.4. The van der Waals surface area contributed by atoms with Gasteiger partial charge in [-0.15, -0.1) is 0 Å². The van der Waals surface area contributed by atoms with E-state index < -0.39 is 17.7 Å². The standard InChI is InChI=1S/C16H12BrF3O3/c1-9-4-3-5-11(16(18,19)20)14(9)23-13-7-6-10(8-12(13)17)15(21)22-2/h3-8H,1-2H3. The molecule has 2 rings (SSSR count). The van der Waals surface area contributed by atoms with Crippen molar-refractivity contribution in [3.05, 3.63) is 57.6 Å². The molecule has 7 heteroatoms. The van der Waals surface area contributed by atoms with Gasteiger partial charge in [-0.1, -0.05) is 12.1 Å². The molecule has 2 aromatic carbocycles. The molecular formula is C16H12BrF3O3. The highest BCUT2D eigenvalue weighted by Gasteiger charge is 2.35. The summed E-state index contributed by atoms with van der Waals surface area (Å²) >= 11 is 3.19. The molecule has 0 amide bonds. The Bertz CT molecular complexity index is 742. The highest BCUT2D eigenvalue weighted by atomic mass is 79.9. The Labute approximate surface area is 139 Å². The van der Waals surface area contributed by atoms with Crippen LogP contribution in [0.25, 0.3) is 0 Å². The fourth-order valence-electron chi connectivity index (χ4n) is 1.95. The highest BCUT2D eigenvalue weighted by Crippen LogP contribution is 2.41. The van der Waals surface area contributed by atoms with Crippen molar-refractivity contribution in [1.29, 1.82) is 0 Å². The normalized spacial score (nSPS) is 11.2. The minimum absolute atomic E-state index is 0.164. The monoisotopic (exact) mass is 388 g/mol. The van der Waals surface area contributed by atoms with E-state index in [1.165, 1.54) is 44.4 Å². The Balaban J connectivity index is 2.43. The maximum absolute atomic E-state index is 13.1. The molecule has 0 spiro atoms. The third-order valence-electron chi connectivity index (χ3n) is 3.08. The fourth-order valence-corrected chi connectivity index (χ4v) is 2.41. The van der Waals surface area contributed by atoms with Crippen molar-refractivity contribution >= 4 is 21.9 Å². The third kappa shape index (κ3) is 3.85. The van der Waals surface area contributed by atoms with Crippen LogP contribution in [0.4, 0.5) is 13.2 Å². The molecule has 0 aliphatic rings. The van der Waals surface area contributed by atoms with Gasteiger partial charge in [0.05, 0.1) is 22.7 Å². The Morgan fingerprint density at radius 1 is 1.17 bits per heavy atom. The summed E-state index contributed by atoms with van der Waals surface area (Å²) in [5.41, 5.74) is -0.252. The first-order valence-corrected chi connectivity index (χ1v) is 7.26. The number of carbonyl (C=O) groups is 1. The molecular weight excluding hydrogens is 377 g/mol. The minimum Gasteiger partial charge on any atom is -0.465 e. The maximum Gasteiger partial charge on any atom is 0.419 e.